The van der Waals surface area contributed by atoms with Gasteiger partial charge in [-0.3, -0.25) is 4.79 Å². The minimum Gasteiger partial charge on any atom is -0.356 e. The van der Waals surface area contributed by atoms with Gasteiger partial charge in [-0.15, -0.1) is 10.2 Å². The Morgan fingerprint density at radius 1 is 1.16 bits per heavy atom. The van der Waals surface area contributed by atoms with Crippen molar-refractivity contribution in [2.24, 2.45) is 0 Å². The molecule has 1 N–H and O–H groups in total. The maximum Gasteiger partial charge on any atom is 0.221 e. The monoisotopic (exact) mass is 476 g/mol. The number of thioether (sulfide) groups is 1. The van der Waals surface area contributed by atoms with Crippen LogP contribution in [-0.2, 0) is 33.9 Å². The van der Waals surface area contributed by atoms with Gasteiger partial charge in [0.15, 0.2) is 15.0 Å². The number of aryl methyl sites for hydroxylation is 3. The molecule has 4 rings (SSSR count). The molecular formula is C23H32N4O3S2. The van der Waals surface area contributed by atoms with Crippen LogP contribution in [0.2, 0.25) is 0 Å². The maximum atomic E-state index is 12.6. The zero-order chi connectivity index (χ0) is 22.6. The van der Waals surface area contributed by atoms with Gasteiger partial charge < -0.3 is 9.88 Å². The fourth-order valence-electron chi connectivity index (χ4n) is 4.80. The van der Waals surface area contributed by atoms with Crippen molar-refractivity contribution in [3.63, 3.8) is 0 Å². The minimum atomic E-state index is -3.45. The highest BCUT2D eigenvalue weighted by Crippen LogP contribution is 2.33. The average molecular weight is 477 g/mol. The van der Waals surface area contributed by atoms with Crippen LogP contribution in [0.1, 0.15) is 67.9 Å². The van der Waals surface area contributed by atoms with Crippen molar-refractivity contribution in [3.05, 3.63) is 35.2 Å². The number of carbonyl (C=O) groups is 1. The number of hydrogen-bond acceptors (Lipinski definition) is 6. The number of sulfone groups is 1. The van der Waals surface area contributed by atoms with Crippen molar-refractivity contribution >= 4 is 27.5 Å². The van der Waals surface area contributed by atoms with Crippen molar-refractivity contribution in [2.75, 3.05) is 18.6 Å². The lowest BCUT2D eigenvalue weighted by atomic mass is 10.1. The second-order valence-electron chi connectivity index (χ2n) is 8.72. The van der Waals surface area contributed by atoms with E-state index in [-0.39, 0.29) is 18.1 Å². The second kappa shape index (κ2) is 10.4. The molecule has 1 heterocycles. The van der Waals surface area contributed by atoms with Crippen molar-refractivity contribution in [2.45, 2.75) is 80.3 Å². The van der Waals surface area contributed by atoms with Crippen molar-refractivity contribution in [1.82, 2.24) is 20.1 Å². The van der Waals surface area contributed by atoms with Crippen LogP contribution in [0.25, 0.3) is 0 Å². The van der Waals surface area contributed by atoms with E-state index < -0.39 is 9.84 Å². The molecule has 7 nitrogen and oxygen atoms in total. The Morgan fingerprint density at radius 2 is 1.94 bits per heavy atom. The zero-order valence-electron chi connectivity index (χ0n) is 18.7. The van der Waals surface area contributed by atoms with Crippen LogP contribution in [0.15, 0.2) is 28.3 Å². The van der Waals surface area contributed by atoms with E-state index in [4.69, 9.17) is 0 Å². The van der Waals surface area contributed by atoms with E-state index in [9.17, 15) is 13.2 Å². The first-order valence-corrected chi connectivity index (χ1v) is 14.4. The summed E-state index contributed by atoms with van der Waals surface area (Å²) in [5, 5.41) is 12.5. The Bertz CT molecular complexity index is 1060. The number of carbonyl (C=O) groups excluding carboxylic acids is 1. The quantitative estimate of drug-likeness (QED) is 0.417. The molecule has 1 aromatic heterocycles. The molecular weight excluding hydrogens is 444 g/mol. The molecule has 0 radical (unpaired) electrons. The van der Waals surface area contributed by atoms with Crippen molar-refractivity contribution in [3.8, 4) is 0 Å². The fourth-order valence-corrected chi connectivity index (χ4v) is 6.66. The van der Waals surface area contributed by atoms with Gasteiger partial charge in [-0.05, 0) is 68.0 Å². The average Bonchev–Trinajstić information content (AvgIpc) is 3.54. The Morgan fingerprint density at radius 3 is 2.72 bits per heavy atom. The van der Waals surface area contributed by atoms with Gasteiger partial charge in [0.1, 0.15) is 5.82 Å². The molecule has 9 heteroatoms. The highest BCUT2D eigenvalue weighted by Gasteiger charge is 2.23. The van der Waals surface area contributed by atoms with Gasteiger partial charge >= 0.3 is 0 Å². The predicted octanol–water partition coefficient (Wildman–Crippen LogP) is 3.52. The Labute approximate surface area is 194 Å². The summed E-state index contributed by atoms with van der Waals surface area (Å²) in [7, 11) is -3.45. The number of nitrogens with one attached hydrogen (secondary N) is 1. The molecule has 2 aromatic rings. The maximum absolute atomic E-state index is 12.6. The summed E-state index contributed by atoms with van der Waals surface area (Å²) in [5.41, 5.74) is 2.38. The number of fused-ring (bicyclic) bond motifs is 1. The number of benzene rings is 1. The highest BCUT2D eigenvalue weighted by atomic mass is 32.2. The summed E-state index contributed by atoms with van der Waals surface area (Å²) in [6.07, 6.45) is 11.4. The van der Waals surface area contributed by atoms with Crippen LogP contribution in [-0.4, -0.2) is 47.6 Å². The Kier molecular flexibility index (Phi) is 7.55. The number of nitrogens with zero attached hydrogens (tertiary/aromatic N) is 3. The summed E-state index contributed by atoms with van der Waals surface area (Å²) < 4.78 is 27.6. The summed E-state index contributed by atoms with van der Waals surface area (Å²) in [5.74, 6) is 0.594. The van der Waals surface area contributed by atoms with E-state index in [2.05, 4.69) is 20.1 Å². The number of aromatic nitrogens is 3. The van der Waals surface area contributed by atoms with Gasteiger partial charge in [0.25, 0.3) is 0 Å². The molecule has 0 aliphatic heterocycles. The standard InChI is InChI=1S/C23H32N4O3S2/c1-31-23-26-25-21(27(23)19-8-2-3-9-19)10-5-14-24-22(28)13-15-32(29,30)20-12-11-17-6-4-7-18(17)16-20/h11-12,16,19H,2-10,13-15H2,1H3,(H,24,28). The van der Waals surface area contributed by atoms with Gasteiger partial charge in [-0.25, -0.2) is 8.42 Å². The van der Waals surface area contributed by atoms with Crippen LogP contribution in [0.5, 0.6) is 0 Å². The van der Waals surface area contributed by atoms with E-state index in [0.29, 0.717) is 17.5 Å². The third-order valence-electron chi connectivity index (χ3n) is 6.53. The van der Waals surface area contributed by atoms with E-state index in [1.54, 1.807) is 23.9 Å². The van der Waals surface area contributed by atoms with E-state index >= 15 is 0 Å². The smallest absolute Gasteiger partial charge is 0.221 e. The summed E-state index contributed by atoms with van der Waals surface area (Å²) >= 11 is 1.62. The van der Waals surface area contributed by atoms with Crippen LogP contribution < -0.4 is 5.32 Å². The van der Waals surface area contributed by atoms with Gasteiger partial charge in [-0.1, -0.05) is 30.7 Å². The van der Waals surface area contributed by atoms with Crippen LogP contribution in [0.4, 0.5) is 0 Å². The van der Waals surface area contributed by atoms with Gasteiger partial charge in [0, 0.05) is 25.4 Å². The van der Waals surface area contributed by atoms with Gasteiger partial charge in [-0.2, -0.15) is 0 Å². The molecule has 0 saturated heterocycles. The molecule has 2 aliphatic carbocycles. The molecule has 1 aromatic carbocycles. The number of rotatable bonds is 10. The number of amides is 1. The van der Waals surface area contributed by atoms with E-state index in [1.165, 1.54) is 31.2 Å². The largest absolute Gasteiger partial charge is 0.356 e. The first-order valence-electron chi connectivity index (χ1n) is 11.6. The van der Waals surface area contributed by atoms with Crippen LogP contribution in [0.3, 0.4) is 0 Å². The Hall–Kier alpha value is -1.87. The lowest BCUT2D eigenvalue weighted by molar-refractivity contribution is -0.120. The zero-order valence-corrected chi connectivity index (χ0v) is 20.3. The first-order chi connectivity index (χ1) is 15.5. The topological polar surface area (TPSA) is 94.0 Å². The molecule has 1 amide bonds. The molecule has 32 heavy (non-hydrogen) atoms. The van der Waals surface area contributed by atoms with Crippen molar-refractivity contribution < 1.29 is 13.2 Å². The number of hydrogen-bond donors (Lipinski definition) is 1. The van der Waals surface area contributed by atoms with Gasteiger partial charge in [0.2, 0.25) is 5.91 Å². The third kappa shape index (κ3) is 5.36. The molecule has 2 aliphatic rings. The SMILES string of the molecule is CSc1nnc(CCCNC(=O)CCS(=O)(=O)c2ccc3c(c2)CCC3)n1C1CCCC1. The summed E-state index contributed by atoms with van der Waals surface area (Å²) in [4.78, 5) is 12.6. The lowest BCUT2D eigenvalue weighted by Gasteiger charge is -2.16. The minimum absolute atomic E-state index is 0.0195. The van der Waals surface area contributed by atoms with E-state index in [1.807, 2.05) is 12.3 Å². The highest BCUT2D eigenvalue weighted by molar-refractivity contribution is 7.98. The van der Waals surface area contributed by atoms with Crippen LogP contribution >= 0.6 is 11.8 Å². The molecule has 0 bridgehead atoms. The lowest BCUT2D eigenvalue weighted by Crippen LogP contribution is -2.27. The first kappa shape index (κ1) is 23.3. The fraction of sp³-hybridized carbons (Fsp3) is 0.609. The third-order valence-corrected chi connectivity index (χ3v) is 8.89. The predicted molar refractivity (Wildman–Crippen MR) is 126 cm³/mol. The molecule has 0 atom stereocenters. The second-order valence-corrected chi connectivity index (χ2v) is 11.6. The summed E-state index contributed by atoms with van der Waals surface area (Å²) in [6.45, 7) is 0.504. The van der Waals surface area contributed by atoms with Crippen molar-refractivity contribution in [1.29, 1.82) is 0 Å². The Balaban J connectivity index is 1.23. The summed E-state index contributed by atoms with van der Waals surface area (Å²) in [6, 6.07) is 5.88. The molecule has 1 fully saturated rings. The van der Waals surface area contributed by atoms with E-state index in [0.717, 1.165) is 48.6 Å². The van der Waals surface area contributed by atoms with Gasteiger partial charge in [0.05, 0.1) is 10.6 Å². The molecule has 174 valence electrons. The van der Waals surface area contributed by atoms with Crippen LogP contribution in [0, 0.1) is 0 Å². The molecule has 0 spiro atoms. The normalized spacial score (nSPS) is 16.4. The molecule has 0 unspecified atom stereocenters. The molecule has 1 saturated carbocycles.